The van der Waals surface area contributed by atoms with E-state index in [1.54, 1.807) is 48.5 Å². The van der Waals surface area contributed by atoms with E-state index in [0.717, 1.165) is 0 Å². The van der Waals surface area contributed by atoms with Gasteiger partial charge in [0.1, 0.15) is 11.5 Å². The minimum absolute atomic E-state index is 0.0166. The van der Waals surface area contributed by atoms with Gasteiger partial charge in [0, 0.05) is 22.1 Å². The van der Waals surface area contributed by atoms with Crippen LogP contribution in [0.5, 0.6) is 11.5 Å². The zero-order valence-corrected chi connectivity index (χ0v) is 19.2. The van der Waals surface area contributed by atoms with E-state index in [1.807, 2.05) is 45.0 Å². The van der Waals surface area contributed by atoms with Crippen LogP contribution >= 0.6 is 0 Å². The highest BCUT2D eigenvalue weighted by Gasteiger charge is 2.22. The van der Waals surface area contributed by atoms with E-state index >= 15 is 0 Å². The van der Waals surface area contributed by atoms with Crippen LogP contribution in [0.2, 0.25) is 0 Å². The molecule has 0 aliphatic heterocycles. The molecule has 160 valence electrons. The van der Waals surface area contributed by atoms with Crippen LogP contribution in [0, 0.1) is 5.41 Å². The van der Waals surface area contributed by atoms with Gasteiger partial charge in [-0.05, 0) is 59.5 Å². The van der Waals surface area contributed by atoms with Crippen molar-refractivity contribution in [2.24, 2.45) is 5.41 Å². The number of Topliss-reactive ketones (excluding diaryl/α,β-unsaturated/α-hetero) is 1. The summed E-state index contributed by atoms with van der Waals surface area (Å²) in [5.41, 5.74) is 2.78. The molecule has 0 bridgehead atoms. The summed E-state index contributed by atoms with van der Waals surface area (Å²) in [5.74, 6) is 1.35. The van der Waals surface area contributed by atoms with Gasteiger partial charge in [-0.3, -0.25) is 9.59 Å². The van der Waals surface area contributed by atoms with Gasteiger partial charge in [-0.1, -0.05) is 65.8 Å². The van der Waals surface area contributed by atoms with E-state index < -0.39 is 5.41 Å². The third-order valence-electron chi connectivity index (χ3n) is 5.16. The smallest absolute Gasteiger partial charge is 0.193 e. The normalized spacial score (nSPS) is 11.8. The second-order valence-corrected chi connectivity index (χ2v) is 9.89. The third-order valence-corrected chi connectivity index (χ3v) is 5.16. The predicted octanol–water partition coefficient (Wildman–Crippen LogP) is 7.24. The topological polar surface area (TPSA) is 43.4 Å². The fraction of sp³-hybridized carbons (Fsp3) is 0.286. The monoisotopic (exact) mass is 414 g/mol. The van der Waals surface area contributed by atoms with Gasteiger partial charge in [0.2, 0.25) is 0 Å². The number of benzene rings is 3. The van der Waals surface area contributed by atoms with Crippen LogP contribution in [-0.2, 0) is 5.41 Å². The lowest BCUT2D eigenvalue weighted by molar-refractivity contribution is 0.0858. The average molecular weight is 415 g/mol. The first-order valence-electron chi connectivity index (χ1n) is 10.5. The molecule has 0 aromatic heterocycles. The molecule has 0 saturated heterocycles. The zero-order chi connectivity index (χ0) is 22.8. The Kier molecular flexibility index (Phi) is 6.17. The molecule has 3 nitrogen and oxygen atoms in total. The Bertz CT molecular complexity index is 1060. The van der Waals surface area contributed by atoms with E-state index in [9.17, 15) is 9.59 Å². The van der Waals surface area contributed by atoms with Crippen LogP contribution in [0.3, 0.4) is 0 Å². The van der Waals surface area contributed by atoms with Crippen molar-refractivity contribution in [2.45, 2.75) is 47.0 Å². The Morgan fingerprint density at radius 1 is 0.581 bits per heavy atom. The average Bonchev–Trinajstić information content (AvgIpc) is 2.73. The molecular weight excluding hydrogens is 384 g/mol. The summed E-state index contributed by atoms with van der Waals surface area (Å²) in [7, 11) is 0. The summed E-state index contributed by atoms with van der Waals surface area (Å²) in [6.07, 6.45) is 0. The summed E-state index contributed by atoms with van der Waals surface area (Å²) in [6, 6.07) is 22.0. The van der Waals surface area contributed by atoms with Gasteiger partial charge in [-0.15, -0.1) is 0 Å². The number of rotatable bonds is 5. The predicted molar refractivity (Wildman–Crippen MR) is 125 cm³/mol. The maximum atomic E-state index is 12.8. The molecule has 0 amide bonds. The number of carbonyl (C=O) groups is 2. The molecule has 0 aliphatic carbocycles. The van der Waals surface area contributed by atoms with E-state index in [-0.39, 0.29) is 17.0 Å². The Hall–Kier alpha value is -3.20. The molecule has 31 heavy (non-hydrogen) atoms. The van der Waals surface area contributed by atoms with Crippen molar-refractivity contribution in [2.75, 3.05) is 0 Å². The largest absolute Gasteiger partial charge is 0.457 e. The lowest BCUT2D eigenvalue weighted by Gasteiger charge is -2.19. The number of carbonyl (C=O) groups excluding carboxylic acids is 2. The van der Waals surface area contributed by atoms with E-state index in [0.29, 0.717) is 28.2 Å². The number of hydrogen-bond donors (Lipinski definition) is 0. The molecule has 0 N–H and O–H groups in total. The summed E-state index contributed by atoms with van der Waals surface area (Å²) >= 11 is 0. The quantitative estimate of drug-likeness (QED) is 0.413. The molecule has 0 atom stereocenters. The Morgan fingerprint density at radius 3 is 1.35 bits per heavy atom. The molecule has 3 heteroatoms. The standard InChI is InChI=1S/C28H30O3/c1-27(2,3)22-13-7-19(8-14-22)25(29)20-9-15-23(16-10-20)31-24-17-11-21(12-18-24)26(30)28(4,5)6/h7-18H,1-6H3. The Balaban J connectivity index is 1.69. The van der Waals surface area contributed by atoms with Crippen molar-refractivity contribution < 1.29 is 14.3 Å². The minimum atomic E-state index is -0.419. The van der Waals surface area contributed by atoms with Gasteiger partial charge in [0.15, 0.2) is 11.6 Å². The molecule has 0 spiro atoms. The highest BCUT2D eigenvalue weighted by atomic mass is 16.5. The summed E-state index contributed by atoms with van der Waals surface area (Å²) < 4.78 is 5.87. The third kappa shape index (κ3) is 5.49. The van der Waals surface area contributed by atoms with Crippen molar-refractivity contribution >= 4 is 11.6 Å². The zero-order valence-electron chi connectivity index (χ0n) is 19.2. The Morgan fingerprint density at radius 2 is 0.968 bits per heavy atom. The van der Waals surface area contributed by atoms with Crippen molar-refractivity contribution in [1.29, 1.82) is 0 Å². The van der Waals surface area contributed by atoms with Crippen LogP contribution < -0.4 is 4.74 Å². The van der Waals surface area contributed by atoms with Crippen LogP contribution in [-0.4, -0.2) is 11.6 Å². The van der Waals surface area contributed by atoms with Crippen molar-refractivity contribution in [3.63, 3.8) is 0 Å². The van der Waals surface area contributed by atoms with Gasteiger partial charge in [0.05, 0.1) is 0 Å². The fourth-order valence-corrected chi connectivity index (χ4v) is 3.21. The van der Waals surface area contributed by atoms with Crippen molar-refractivity contribution in [3.05, 3.63) is 95.1 Å². The lowest BCUT2D eigenvalue weighted by atomic mass is 9.86. The maximum Gasteiger partial charge on any atom is 0.193 e. The van der Waals surface area contributed by atoms with E-state index in [1.165, 1.54) is 5.56 Å². The maximum absolute atomic E-state index is 12.8. The fourth-order valence-electron chi connectivity index (χ4n) is 3.21. The van der Waals surface area contributed by atoms with Crippen molar-refractivity contribution in [1.82, 2.24) is 0 Å². The second-order valence-electron chi connectivity index (χ2n) is 9.89. The van der Waals surface area contributed by atoms with Gasteiger partial charge >= 0.3 is 0 Å². The molecule has 0 heterocycles. The molecule has 3 aromatic rings. The number of hydrogen-bond acceptors (Lipinski definition) is 3. The molecular formula is C28H30O3. The minimum Gasteiger partial charge on any atom is -0.457 e. The van der Waals surface area contributed by atoms with Crippen LogP contribution in [0.4, 0.5) is 0 Å². The van der Waals surface area contributed by atoms with Crippen LogP contribution in [0.15, 0.2) is 72.8 Å². The van der Waals surface area contributed by atoms with Gasteiger partial charge in [-0.2, -0.15) is 0 Å². The van der Waals surface area contributed by atoms with Gasteiger partial charge in [0.25, 0.3) is 0 Å². The lowest BCUT2D eigenvalue weighted by Crippen LogP contribution is -2.19. The van der Waals surface area contributed by atoms with Crippen LogP contribution in [0.1, 0.15) is 73.4 Å². The molecule has 0 fully saturated rings. The Labute approximate surface area is 185 Å². The number of ether oxygens (including phenoxy) is 1. The molecule has 0 radical (unpaired) electrons. The summed E-state index contributed by atoms with van der Waals surface area (Å²) in [4.78, 5) is 25.1. The van der Waals surface area contributed by atoms with E-state index in [2.05, 4.69) is 20.8 Å². The molecule has 3 rings (SSSR count). The first-order valence-corrected chi connectivity index (χ1v) is 10.5. The number of ketones is 2. The van der Waals surface area contributed by atoms with Gasteiger partial charge < -0.3 is 4.74 Å². The highest BCUT2D eigenvalue weighted by molar-refractivity contribution is 6.09. The second kappa shape index (κ2) is 8.50. The summed E-state index contributed by atoms with van der Waals surface area (Å²) in [6.45, 7) is 12.2. The first-order chi connectivity index (χ1) is 14.4. The summed E-state index contributed by atoms with van der Waals surface area (Å²) in [5, 5.41) is 0. The van der Waals surface area contributed by atoms with Gasteiger partial charge in [-0.25, -0.2) is 0 Å². The van der Waals surface area contributed by atoms with Crippen molar-refractivity contribution in [3.8, 4) is 11.5 Å². The molecule has 0 unspecified atom stereocenters. The first kappa shape index (κ1) is 22.5. The molecule has 3 aromatic carbocycles. The van der Waals surface area contributed by atoms with Crippen LogP contribution in [0.25, 0.3) is 0 Å². The molecule has 0 aliphatic rings. The molecule has 0 saturated carbocycles. The highest BCUT2D eigenvalue weighted by Crippen LogP contribution is 2.26. The SMILES string of the molecule is CC(C)(C)C(=O)c1ccc(Oc2ccc(C(=O)c3ccc(C(C)(C)C)cc3)cc2)cc1. The van der Waals surface area contributed by atoms with E-state index in [4.69, 9.17) is 4.74 Å².